The minimum atomic E-state index is 0.304. The van der Waals surface area contributed by atoms with Gasteiger partial charge in [-0.1, -0.05) is 32.1 Å². The van der Waals surface area contributed by atoms with Gasteiger partial charge in [-0.3, -0.25) is 0 Å². The van der Waals surface area contributed by atoms with Crippen LogP contribution in [-0.4, -0.2) is 26.6 Å². The minimum absolute atomic E-state index is 0.304. The van der Waals surface area contributed by atoms with Crippen molar-refractivity contribution >= 4 is 0 Å². The van der Waals surface area contributed by atoms with Gasteiger partial charge in [-0.15, -0.1) is 0 Å². The Labute approximate surface area is 120 Å². The van der Waals surface area contributed by atoms with Crippen LogP contribution in [0.3, 0.4) is 0 Å². The molecule has 1 aromatic rings. The van der Waals surface area contributed by atoms with Crippen LogP contribution < -0.4 is 9.47 Å². The van der Waals surface area contributed by atoms with Crippen molar-refractivity contribution in [3.63, 3.8) is 0 Å². The summed E-state index contributed by atoms with van der Waals surface area (Å²) >= 11 is 0. The second-order valence-electron chi connectivity index (χ2n) is 5.11. The Hall–Kier alpha value is -1.52. The second kappa shape index (κ2) is 7.92. The smallest absolute Gasteiger partial charge is 0.231 e. The van der Waals surface area contributed by atoms with Crippen LogP contribution in [0.5, 0.6) is 11.5 Å². The fourth-order valence-corrected chi connectivity index (χ4v) is 1.78. The summed E-state index contributed by atoms with van der Waals surface area (Å²) in [6, 6.07) is 5.86. The lowest BCUT2D eigenvalue weighted by Gasteiger charge is -2.04. The van der Waals surface area contributed by atoms with Crippen LogP contribution in [0.25, 0.3) is 0 Å². The summed E-state index contributed by atoms with van der Waals surface area (Å²) in [7, 11) is 0. The summed E-state index contributed by atoms with van der Waals surface area (Å²) in [5.41, 5.74) is 1.08. The van der Waals surface area contributed by atoms with Gasteiger partial charge in [0, 0.05) is 6.61 Å². The number of hydrogen-bond acceptors (Lipinski definition) is 4. The molecule has 1 heterocycles. The molecular formula is C16H22O4. The topological polar surface area (TPSA) is 36.9 Å². The third-order valence-electron chi connectivity index (χ3n) is 2.75. The molecule has 0 bridgehead atoms. The first-order valence-corrected chi connectivity index (χ1v) is 6.94. The fourth-order valence-electron chi connectivity index (χ4n) is 1.78. The monoisotopic (exact) mass is 278 g/mol. The third-order valence-corrected chi connectivity index (χ3v) is 2.75. The largest absolute Gasteiger partial charge is 0.454 e. The van der Waals surface area contributed by atoms with Crippen LogP contribution in [-0.2, 0) is 16.1 Å². The lowest BCUT2D eigenvalue weighted by atomic mass is 10.2. The molecule has 4 nitrogen and oxygen atoms in total. The van der Waals surface area contributed by atoms with Crippen LogP contribution in [0.2, 0.25) is 0 Å². The normalized spacial score (nSPS) is 13.6. The molecule has 0 fully saturated rings. The Morgan fingerprint density at radius 1 is 1.10 bits per heavy atom. The van der Waals surface area contributed by atoms with Crippen molar-refractivity contribution in [1.82, 2.24) is 0 Å². The molecule has 0 amide bonds. The fraction of sp³-hybridized carbons (Fsp3) is 0.500. The van der Waals surface area contributed by atoms with E-state index in [1.54, 1.807) is 0 Å². The van der Waals surface area contributed by atoms with Crippen molar-refractivity contribution in [2.24, 2.45) is 5.92 Å². The van der Waals surface area contributed by atoms with E-state index in [4.69, 9.17) is 18.9 Å². The van der Waals surface area contributed by atoms with Gasteiger partial charge in [0.05, 0.1) is 19.8 Å². The summed E-state index contributed by atoms with van der Waals surface area (Å²) < 4.78 is 21.6. The molecule has 1 aliphatic heterocycles. The highest BCUT2D eigenvalue weighted by Gasteiger charge is 2.12. The van der Waals surface area contributed by atoms with E-state index in [1.165, 1.54) is 0 Å². The Morgan fingerprint density at radius 2 is 1.85 bits per heavy atom. The average molecular weight is 278 g/mol. The third kappa shape index (κ3) is 4.87. The van der Waals surface area contributed by atoms with Crippen molar-refractivity contribution in [1.29, 1.82) is 0 Å². The maximum atomic E-state index is 5.57. The van der Waals surface area contributed by atoms with Gasteiger partial charge in [0.15, 0.2) is 11.5 Å². The predicted molar refractivity (Wildman–Crippen MR) is 77.0 cm³/mol. The van der Waals surface area contributed by atoms with Crippen LogP contribution in [0.4, 0.5) is 0 Å². The molecule has 1 aromatic carbocycles. The number of ether oxygens (including phenoxy) is 4. The van der Waals surface area contributed by atoms with E-state index in [0.29, 0.717) is 32.5 Å². The first kappa shape index (κ1) is 14.9. The molecule has 0 radical (unpaired) electrons. The molecular weight excluding hydrogens is 256 g/mol. The van der Waals surface area contributed by atoms with Gasteiger partial charge in [-0.2, -0.15) is 0 Å². The lowest BCUT2D eigenvalue weighted by Crippen LogP contribution is -2.01. The molecule has 0 atom stereocenters. The first-order chi connectivity index (χ1) is 9.75. The molecule has 0 unspecified atom stereocenters. The quantitative estimate of drug-likeness (QED) is 0.540. The van der Waals surface area contributed by atoms with Gasteiger partial charge in [-0.05, 0) is 23.6 Å². The van der Waals surface area contributed by atoms with E-state index in [9.17, 15) is 0 Å². The maximum Gasteiger partial charge on any atom is 0.231 e. The van der Waals surface area contributed by atoms with Gasteiger partial charge >= 0.3 is 0 Å². The van der Waals surface area contributed by atoms with Gasteiger partial charge < -0.3 is 18.9 Å². The maximum absolute atomic E-state index is 5.57. The summed E-state index contributed by atoms with van der Waals surface area (Å²) in [5, 5.41) is 0. The van der Waals surface area contributed by atoms with Crippen LogP contribution in [0, 0.1) is 5.92 Å². The molecule has 0 aromatic heterocycles. The van der Waals surface area contributed by atoms with E-state index in [0.717, 1.165) is 23.7 Å². The van der Waals surface area contributed by atoms with E-state index in [-0.39, 0.29) is 0 Å². The van der Waals surface area contributed by atoms with Crippen LogP contribution in [0.1, 0.15) is 19.4 Å². The molecule has 0 saturated heterocycles. The number of hydrogen-bond donors (Lipinski definition) is 0. The van der Waals surface area contributed by atoms with Crippen LogP contribution >= 0.6 is 0 Å². The van der Waals surface area contributed by atoms with Crippen molar-refractivity contribution in [2.45, 2.75) is 20.5 Å². The van der Waals surface area contributed by atoms with Crippen LogP contribution in [0.15, 0.2) is 30.4 Å². The molecule has 0 aliphatic carbocycles. The zero-order chi connectivity index (χ0) is 14.2. The number of fused-ring (bicyclic) bond motifs is 1. The predicted octanol–water partition coefficient (Wildman–Crippen LogP) is 3.16. The summed E-state index contributed by atoms with van der Waals surface area (Å²) in [4.78, 5) is 0. The van der Waals surface area contributed by atoms with Crippen molar-refractivity contribution in [3.05, 3.63) is 35.9 Å². The first-order valence-electron chi connectivity index (χ1n) is 6.94. The van der Waals surface area contributed by atoms with Gasteiger partial charge in [-0.25, -0.2) is 0 Å². The molecule has 4 heteroatoms. The second-order valence-corrected chi connectivity index (χ2v) is 5.11. The zero-order valence-electron chi connectivity index (χ0n) is 12.1. The standard InChI is InChI=1S/C16H22O4/c1-13(2)10-17-7-3-4-8-18-11-14-5-6-15-16(9-14)20-12-19-15/h3-6,9,13H,7-8,10-12H2,1-2H3. The van der Waals surface area contributed by atoms with E-state index in [2.05, 4.69) is 13.8 Å². The van der Waals surface area contributed by atoms with E-state index < -0.39 is 0 Å². The Morgan fingerprint density at radius 3 is 2.65 bits per heavy atom. The van der Waals surface area contributed by atoms with Gasteiger partial charge in [0.1, 0.15) is 0 Å². The summed E-state index contributed by atoms with van der Waals surface area (Å²) in [5.74, 6) is 2.17. The Balaban J connectivity index is 1.60. The zero-order valence-corrected chi connectivity index (χ0v) is 12.1. The molecule has 0 spiro atoms. The highest BCUT2D eigenvalue weighted by atomic mass is 16.7. The van der Waals surface area contributed by atoms with Crippen molar-refractivity contribution in [2.75, 3.05) is 26.6 Å². The summed E-state index contributed by atoms with van der Waals surface area (Å²) in [6.07, 6.45) is 3.97. The summed E-state index contributed by atoms with van der Waals surface area (Å²) in [6.45, 7) is 7.16. The van der Waals surface area contributed by atoms with E-state index in [1.807, 2.05) is 30.4 Å². The lowest BCUT2D eigenvalue weighted by molar-refractivity contribution is 0.131. The van der Waals surface area contributed by atoms with Gasteiger partial charge in [0.2, 0.25) is 6.79 Å². The average Bonchev–Trinajstić information content (AvgIpc) is 2.89. The molecule has 0 N–H and O–H groups in total. The number of rotatable bonds is 8. The molecule has 110 valence electrons. The molecule has 2 rings (SSSR count). The molecule has 1 aliphatic rings. The Bertz CT molecular complexity index is 440. The highest BCUT2D eigenvalue weighted by molar-refractivity contribution is 5.44. The van der Waals surface area contributed by atoms with Gasteiger partial charge in [0.25, 0.3) is 0 Å². The highest BCUT2D eigenvalue weighted by Crippen LogP contribution is 2.32. The Kier molecular flexibility index (Phi) is 5.89. The van der Waals surface area contributed by atoms with Crippen molar-refractivity contribution in [3.8, 4) is 11.5 Å². The molecule has 20 heavy (non-hydrogen) atoms. The number of benzene rings is 1. The minimum Gasteiger partial charge on any atom is -0.454 e. The van der Waals surface area contributed by atoms with Crippen molar-refractivity contribution < 1.29 is 18.9 Å². The van der Waals surface area contributed by atoms with E-state index >= 15 is 0 Å². The molecule has 0 saturated carbocycles. The SMILES string of the molecule is CC(C)COCC=CCOCc1ccc2c(c1)OCO2.